The lowest BCUT2D eigenvalue weighted by Gasteiger charge is -2.33. The second-order valence-electron chi connectivity index (χ2n) is 6.59. The third-order valence-electron chi connectivity index (χ3n) is 4.76. The summed E-state index contributed by atoms with van der Waals surface area (Å²) in [5, 5.41) is 10.7. The lowest BCUT2D eigenvalue weighted by atomic mass is 10.0. The van der Waals surface area contributed by atoms with E-state index in [0.717, 1.165) is 41.9 Å². The van der Waals surface area contributed by atoms with Crippen molar-refractivity contribution in [1.82, 2.24) is 20.4 Å². The summed E-state index contributed by atoms with van der Waals surface area (Å²) in [5.74, 6) is 1.78. The zero-order chi connectivity index (χ0) is 16.1. The molecular formula is C18H28N4O. The number of nitrogens with zero attached hydrogens (tertiary/aromatic N) is 2. The van der Waals surface area contributed by atoms with Gasteiger partial charge in [0.05, 0.1) is 6.20 Å². The average Bonchev–Trinajstić information content (AvgIpc) is 3.17. The molecule has 23 heavy (non-hydrogen) atoms. The van der Waals surface area contributed by atoms with Gasteiger partial charge in [-0.05, 0) is 64.9 Å². The molecule has 5 nitrogen and oxygen atoms in total. The third-order valence-corrected chi connectivity index (χ3v) is 4.76. The number of likely N-dealkylation sites (tertiary alicyclic amines) is 1. The van der Waals surface area contributed by atoms with Crippen LogP contribution in [0.4, 0.5) is 0 Å². The van der Waals surface area contributed by atoms with Gasteiger partial charge >= 0.3 is 0 Å². The molecule has 0 amide bonds. The maximum atomic E-state index is 5.68. The summed E-state index contributed by atoms with van der Waals surface area (Å²) in [7, 11) is 0. The van der Waals surface area contributed by atoms with E-state index in [4.69, 9.17) is 4.42 Å². The summed E-state index contributed by atoms with van der Waals surface area (Å²) in [6.45, 7) is 8.63. The molecule has 0 radical (unpaired) electrons. The van der Waals surface area contributed by atoms with E-state index in [1.807, 2.05) is 25.3 Å². The maximum absolute atomic E-state index is 5.68. The fourth-order valence-electron chi connectivity index (χ4n) is 3.35. The summed E-state index contributed by atoms with van der Waals surface area (Å²) >= 11 is 0. The number of piperidine rings is 1. The van der Waals surface area contributed by atoms with Crippen LogP contribution in [0.5, 0.6) is 0 Å². The molecule has 1 fully saturated rings. The van der Waals surface area contributed by atoms with E-state index in [0.29, 0.717) is 0 Å². The van der Waals surface area contributed by atoms with Gasteiger partial charge in [-0.1, -0.05) is 6.42 Å². The van der Waals surface area contributed by atoms with E-state index in [9.17, 15) is 0 Å². The molecule has 2 N–H and O–H groups in total. The molecule has 0 aliphatic carbocycles. The highest BCUT2D eigenvalue weighted by Gasteiger charge is 2.17. The van der Waals surface area contributed by atoms with Gasteiger partial charge in [-0.15, -0.1) is 0 Å². The lowest BCUT2D eigenvalue weighted by molar-refractivity contribution is 0.159. The Morgan fingerprint density at radius 2 is 2.30 bits per heavy atom. The van der Waals surface area contributed by atoms with Crippen molar-refractivity contribution in [1.29, 1.82) is 0 Å². The Morgan fingerprint density at radius 1 is 1.39 bits per heavy atom. The second-order valence-corrected chi connectivity index (χ2v) is 6.59. The van der Waals surface area contributed by atoms with Gasteiger partial charge < -0.3 is 14.6 Å². The number of hydrogen-bond acceptors (Lipinski definition) is 4. The number of H-pyrrole nitrogens is 1. The molecule has 1 saturated heterocycles. The van der Waals surface area contributed by atoms with Crippen molar-refractivity contribution < 1.29 is 4.42 Å². The van der Waals surface area contributed by atoms with Crippen LogP contribution in [0.1, 0.15) is 43.9 Å². The van der Waals surface area contributed by atoms with Gasteiger partial charge in [0.15, 0.2) is 5.76 Å². The lowest BCUT2D eigenvalue weighted by Crippen LogP contribution is -2.38. The first-order valence-corrected chi connectivity index (χ1v) is 8.78. The minimum absolute atomic E-state index is 0.756. The SMILES string of the molecule is Cc1ccc(-c2[nH]ncc2CNCCCN2CCCCC2C)o1. The summed E-state index contributed by atoms with van der Waals surface area (Å²) in [6.07, 6.45) is 7.18. The van der Waals surface area contributed by atoms with E-state index >= 15 is 0 Å². The minimum atomic E-state index is 0.756. The van der Waals surface area contributed by atoms with Crippen LogP contribution >= 0.6 is 0 Å². The molecule has 2 aromatic rings. The molecule has 1 aliphatic rings. The van der Waals surface area contributed by atoms with Gasteiger partial charge in [-0.2, -0.15) is 5.10 Å². The van der Waals surface area contributed by atoms with Gasteiger partial charge in [-0.25, -0.2) is 0 Å². The number of hydrogen-bond donors (Lipinski definition) is 2. The Bertz CT molecular complexity index is 604. The predicted molar refractivity (Wildman–Crippen MR) is 92.2 cm³/mol. The monoisotopic (exact) mass is 316 g/mol. The van der Waals surface area contributed by atoms with Crippen LogP contribution in [0.25, 0.3) is 11.5 Å². The van der Waals surface area contributed by atoms with Crippen molar-refractivity contribution >= 4 is 0 Å². The van der Waals surface area contributed by atoms with Gasteiger partial charge in [0, 0.05) is 18.2 Å². The number of nitrogens with one attached hydrogen (secondary N) is 2. The Hall–Kier alpha value is -1.59. The van der Waals surface area contributed by atoms with Crippen molar-refractivity contribution in [3.05, 3.63) is 29.7 Å². The molecule has 3 heterocycles. The van der Waals surface area contributed by atoms with Crippen molar-refractivity contribution in [3.63, 3.8) is 0 Å². The van der Waals surface area contributed by atoms with E-state index in [1.165, 1.54) is 38.8 Å². The number of rotatable bonds is 7. The van der Waals surface area contributed by atoms with E-state index < -0.39 is 0 Å². The summed E-state index contributed by atoms with van der Waals surface area (Å²) in [6, 6.07) is 4.73. The quantitative estimate of drug-likeness (QED) is 0.769. The zero-order valence-corrected chi connectivity index (χ0v) is 14.3. The number of furan rings is 1. The van der Waals surface area contributed by atoms with Crippen LogP contribution < -0.4 is 5.32 Å². The van der Waals surface area contributed by atoms with Gasteiger partial charge in [0.25, 0.3) is 0 Å². The van der Waals surface area contributed by atoms with Crippen LogP contribution in [0.15, 0.2) is 22.7 Å². The smallest absolute Gasteiger partial charge is 0.152 e. The highest BCUT2D eigenvalue weighted by molar-refractivity contribution is 5.56. The molecule has 5 heteroatoms. The Balaban J connectivity index is 1.42. The summed E-state index contributed by atoms with van der Waals surface area (Å²) in [5.41, 5.74) is 2.14. The van der Waals surface area contributed by atoms with Crippen molar-refractivity contribution in [2.75, 3.05) is 19.6 Å². The highest BCUT2D eigenvalue weighted by atomic mass is 16.3. The Kier molecular flexibility index (Phi) is 5.51. The van der Waals surface area contributed by atoms with Gasteiger partial charge in [0.2, 0.25) is 0 Å². The van der Waals surface area contributed by atoms with E-state index in [2.05, 4.69) is 27.3 Å². The number of aromatic amines is 1. The maximum Gasteiger partial charge on any atom is 0.152 e. The van der Waals surface area contributed by atoms with Crippen LogP contribution in [0.2, 0.25) is 0 Å². The minimum Gasteiger partial charge on any atom is -0.460 e. The Morgan fingerprint density at radius 3 is 3.09 bits per heavy atom. The van der Waals surface area contributed by atoms with Crippen molar-refractivity contribution in [3.8, 4) is 11.5 Å². The van der Waals surface area contributed by atoms with Gasteiger partial charge in [0.1, 0.15) is 11.5 Å². The first-order valence-electron chi connectivity index (χ1n) is 8.78. The summed E-state index contributed by atoms with van der Waals surface area (Å²) in [4.78, 5) is 2.63. The Labute approximate surface area is 138 Å². The van der Waals surface area contributed by atoms with Crippen LogP contribution in [-0.4, -0.2) is 40.8 Å². The molecule has 1 aliphatic heterocycles. The van der Waals surface area contributed by atoms with Crippen molar-refractivity contribution in [2.24, 2.45) is 0 Å². The molecule has 126 valence electrons. The average molecular weight is 316 g/mol. The van der Waals surface area contributed by atoms with Crippen molar-refractivity contribution in [2.45, 2.75) is 52.1 Å². The third kappa shape index (κ3) is 4.24. The molecule has 0 aromatic carbocycles. The topological polar surface area (TPSA) is 57.1 Å². The molecule has 2 aromatic heterocycles. The van der Waals surface area contributed by atoms with Crippen LogP contribution in [0, 0.1) is 6.92 Å². The van der Waals surface area contributed by atoms with Crippen LogP contribution in [0.3, 0.4) is 0 Å². The number of aryl methyl sites for hydroxylation is 1. The molecule has 0 bridgehead atoms. The highest BCUT2D eigenvalue weighted by Crippen LogP contribution is 2.23. The molecule has 0 spiro atoms. The molecule has 1 atom stereocenters. The molecule has 3 rings (SSSR count). The fraction of sp³-hybridized carbons (Fsp3) is 0.611. The normalized spacial score (nSPS) is 19.3. The largest absolute Gasteiger partial charge is 0.460 e. The van der Waals surface area contributed by atoms with E-state index in [-0.39, 0.29) is 0 Å². The fourth-order valence-corrected chi connectivity index (χ4v) is 3.35. The first-order chi connectivity index (χ1) is 11.2. The molecule has 0 saturated carbocycles. The predicted octanol–water partition coefficient (Wildman–Crippen LogP) is 3.33. The number of aromatic nitrogens is 2. The summed E-state index contributed by atoms with van der Waals surface area (Å²) < 4.78 is 5.68. The van der Waals surface area contributed by atoms with Gasteiger partial charge in [-0.3, -0.25) is 5.10 Å². The molecular weight excluding hydrogens is 288 g/mol. The zero-order valence-electron chi connectivity index (χ0n) is 14.3. The standard InChI is InChI=1S/C18H28N4O/c1-14-6-3-4-10-22(14)11-5-9-19-12-16-13-20-21-18(16)17-8-7-15(2)23-17/h7-8,13-14,19H,3-6,9-12H2,1-2H3,(H,20,21). The second kappa shape index (κ2) is 7.79. The first kappa shape index (κ1) is 16.3. The molecule has 1 unspecified atom stereocenters. The van der Waals surface area contributed by atoms with E-state index in [1.54, 1.807) is 0 Å². The van der Waals surface area contributed by atoms with Crippen LogP contribution in [-0.2, 0) is 6.54 Å².